The number of H-pyrrole nitrogens is 1. The van der Waals surface area contributed by atoms with Crippen molar-refractivity contribution >= 4 is 22.9 Å². The predicted molar refractivity (Wildman–Crippen MR) is 83.1 cm³/mol. The Labute approximate surface area is 126 Å². The van der Waals surface area contributed by atoms with Gasteiger partial charge in [-0.1, -0.05) is 0 Å². The highest BCUT2D eigenvalue weighted by atomic mass is 32.1. The zero-order valence-corrected chi connectivity index (χ0v) is 12.1. The van der Waals surface area contributed by atoms with Gasteiger partial charge in [-0.2, -0.15) is 16.4 Å². The summed E-state index contributed by atoms with van der Waals surface area (Å²) in [4.78, 5) is 16.0. The summed E-state index contributed by atoms with van der Waals surface area (Å²) in [6.45, 7) is 0. The van der Waals surface area contributed by atoms with E-state index < -0.39 is 0 Å². The lowest BCUT2D eigenvalue weighted by Gasteiger charge is -2.05. The third-order valence-corrected chi connectivity index (χ3v) is 3.81. The number of carbonyl (C=O) groups is 1. The van der Waals surface area contributed by atoms with Crippen molar-refractivity contribution in [1.82, 2.24) is 15.2 Å². The Balaban J connectivity index is 1.56. The van der Waals surface area contributed by atoms with Gasteiger partial charge < -0.3 is 5.32 Å². The van der Waals surface area contributed by atoms with Crippen molar-refractivity contribution in [3.8, 4) is 11.4 Å². The van der Waals surface area contributed by atoms with Gasteiger partial charge >= 0.3 is 0 Å². The number of nitrogens with zero attached hydrogens (tertiary/aromatic N) is 2. The average Bonchev–Trinajstić information content (AvgIpc) is 3.19. The van der Waals surface area contributed by atoms with Crippen LogP contribution in [-0.2, 0) is 11.2 Å². The van der Waals surface area contributed by atoms with E-state index in [1.165, 1.54) is 11.9 Å². The summed E-state index contributed by atoms with van der Waals surface area (Å²) in [6, 6.07) is 9.56. The van der Waals surface area contributed by atoms with Crippen molar-refractivity contribution in [3.63, 3.8) is 0 Å². The van der Waals surface area contributed by atoms with E-state index in [0.717, 1.165) is 17.7 Å². The van der Waals surface area contributed by atoms with Crippen LogP contribution in [0.2, 0.25) is 0 Å². The number of hydrogen-bond donors (Lipinski definition) is 2. The van der Waals surface area contributed by atoms with Gasteiger partial charge in [-0.3, -0.25) is 9.89 Å². The lowest BCUT2D eigenvalue weighted by molar-refractivity contribution is -0.116. The smallest absolute Gasteiger partial charge is 0.224 e. The molecule has 21 heavy (non-hydrogen) atoms. The molecule has 0 radical (unpaired) electrons. The number of aromatic nitrogens is 3. The van der Waals surface area contributed by atoms with Gasteiger partial charge in [-0.25, -0.2) is 4.98 Å². The second kappa shape index (κ2) is 6.32. The minimum atomic E-state index is 0.0219. The monoisotopic (exact) mass is 298 g/mol. The Kier molecular flexibility index (Phi) is 4.07. The fourth-order valence-electron chi connectivity index (χ4n) is 1.97. The molecule has 0 saturated carbocycles. The molecule has 0 spiro atoms. The van der Waals surface area contributed by atoms with Gasteiger partial charge in [0, 0.05) is 17.7 Å². The van der Waals surface area contributed by atoms with Crippen molar-refractivity contribution in [2.75, 3.05) is 5.32 Å². The van der Waals surface area contributed by atoms with Crippen LogP contribution in [0, 0.1) is 0 Å². The standard InChI is InChI=1S/C15H14N4OS/c20-14(6-1-11-7-8-21-9-11)18-13-4-2-12(3-5-13)15-16-10-17-19-15/h2-5,7-10H,1,6H2,(H,18,20)(H,16,17,19). The molecule has 0 aliphatic rings. The summed E-state index contributed by atoms with van der Waals surface area (Å²) >= 11 is 1.65. The molecule has 1 amide bonds. The maximum absolute atomic E-state index is 11.9. The average molecular weight is 298 g/mol. The van der Waals surface area contributed by atoms with Gasteiger partial charge in [0.15, 0.2) is 5.82 Å². The lowest BCUT2D eigenvalue weighted by atomic mass is 10.1. The highest BCUT2D eigenvalue weighted by Gasteiger charge is 2.05. The summed E-state index contributed by atoms with van der Waals surface area (Å²) in [7, 11) is 0. The van der Waals surface area contributed by atoms with Gasteiger partial charge in [-0.05, 0) is 53.1 Å². The number of nitrogens with one attached hydrogen (secondary N) is 2. The largest absolute Gasteiger partial charge is 0.326 e. The molecule has 0 saturated heterocycles. The minimum Gasteiger partial charge on any atom is -0.326 e. The maximum Gasteiger partial charge on any atom is 0.224 e. The molecule has 6 heteroatoms. The first-order valence-corrected chi connectivity index (χ1v) is 7.52. The highest BCUT2D eigenvalue weighted by Crippen LogP contribution is 2.17. The number of rotatable bonds is 5. The normalized spacial score (nSPS) is 10.5. The van der Waals surface area contributed by atoms with Gasteiger partial charge in [0.25, 0.3) is 0 Å². The molecular weight excluding hydrogens is 284 g/mol. The van der Waals surface area contributed by atoms with Crippen LogP contribution >= 0.6 is 11.3 Å². The predicted octanol–water partition coefficient (Wildman–Crippen LogP) is 3.10. The molecule has 2 aromatic heterocycles. The Morgan fingerprint density at radius 1 is 1.24 bits per heavy atom. The van der Waals surface area contributed by atoms with E-state index in [1.807, 2.05) is 35.7 Å². The Hall–Kier alpha value is -2.47. The van der Waals surface area contributed by atoms with Crippen LogP contribution in [0.25, 0.3) is 11.4 Å². The number of aromatic amines is 1. The fourth-order valence-corrected chi connectivity index (χ4v) is 2.68. The number of hydrogen-bond acceptors (Lipinski definition) is 4. The molecule has 3 rings (SSSR count). The van der Waals surface area contributed by atoms with Crippen LogP contribution in [0.5, 0.6) is 0 Å². The van der Waals surface area contributed by atoms with Gasteiger partial charge in [0.2, 0.25) is 5.91 Å². The number of anilines is 1. The van der Waals surface area contributed by atoms with Crippen LogP contribution in [0.15, 0.2) is 47.4 Å². The second-order valence-electron chi connectivity index (χ2n) is 4.59. The van der Waals surface area contributed by atoms with E-state index >= 15 is 0 Å². The summed E-state index contributed by atoms with van der Waals surface area (Å²) in [5.74, 6) is 0.735. The SMILES string of the molecule is O=C(CCc1ccsc1)Nc1ccc(-c2ncn[nH]2)cc1. The maximum atomic E-state index is 11.9. The Morgan fingerprint density at radius 2 is 2.10 bits per heavy atom. The summed E-state index contributed by atoms with van der Waals surface area (Å²) in [6.07, 6.45) is 2.72. The molecule has 2 heterocycles. The molecule has 5 nitrogen and oxygen atoms in total. The van der Waals surface area contributed by atoms with E-state index in [0.29, 0.717) is 12.2 Å². The molecule has 106 valence electrons. The van der Waals surface area contributed by atoms with Gasteiger partial charge in [0.05, 0.1) is 0 Å². The molecule has 0 aliphatic carbocycles. The van der Waals surface area contributed by atoms with Gasteiger partial charge in [-0.15, -0.1) is 0 Å². The van der Waals surface area contributed by atoms with E-state index in [9.17, 15) is 4.79 Å². The summed E-state index contributed by atoms with van der Waals surface area (Å²) in [5, 5.41) is 13.6. The molecule has 0 bridgehead atoms. The fraction of sp³-hybridized carbons (Fsp3) is 0.133. The van der Waals surface area contributed by atoms with Crippen LogP contribution < -0.4 is 5.32 Å². The summed E-state index contributed by atoms with van der Waals surface area (Å²) < 4.78 is 0. The molecule has 2 N–H and O–H groups in total. The van der Waals surface area contributed by atoms with Crippen molar-refractivity contribution in [3.05, 3.63) is 53.0 Å². The zero-order valence-electron chi connectivity index (χ0n) is 11.2. The number of amides is 1. The first-order valence-electron chi connectivity index (χ1n) is 6.58. The lowest BCUT2D eigenvalue weighted by Crippen LogP contribution is -2.12. The van der Waals surface area contributed by atoms with Crippen LogP contribution in [0.4, 0.5) is 5.69 Å². The number of benzene rings is 1. The van der Waals surface area contributed by atoms with Crippen molar-refractivity contribution in [2.45, 2.75) is 12.8 Å². The molecule has 1 aromatic carbocycles. The van der Waals surface area contributed by atoms with E-state index in [-0.39, 0.29) is 5.91 Å². The Bertz CT molecular complexity index is 690. The first kappa shape index (κ1) is 13.5. The van der Waals surface area contributed by atoms with Gasteiger partial charge in [0.1, 0.15) is 6.33 Å². The van der Waals surface area contributed by atoms with Crippen LogP contribution in [0.1, 0.15) is 12.0 Å². The number of thiophene rings is 1. The topological polar surface area (TPSA) is 70.7 Å². The molecular formula is C15H14N4OS. The highest BCUT2D eigenvalue weighted by molar-refractivity contribution is 7.07. The van der Waals surface area contributed by atoms with E-state index in [2.05, 4.69) is 25.9 Å². The first-order chi connectivity index (χ1) is 10.3. The van der Waals surface area contributed by atoms with Crippen LogP contribution in [-0.4, -0.2) is 21.1 Å². The third kappa shape index (κ3) is 3.55. The number of carbonyl (C=O) groups excluding carboxylic acids is 1. The third-order valence-electron chi connectivity index (χ3n) is 3.08. The quantitative estimate of drug-likeness (QED) is 0.760. The molecule has 0 atom stereocenters. The van der Waals surface area contributed by atoms with E-state index in [1.54, 1.807) is 11.3 Å². The van der Waals surface area contributed by atoms with Crippen molar-refractivity contribution in [1.29, 1.82) is 0 Å². The molecule has 0 unspecified atom stereocenters. The summed E-state index contributed by atoms with van der Waals surface area (Å²) in [5.41, 5.74) is 2.92. The van der Waals surface area contributed by atoms with E-state index in [4.69, 9.17) is 0 Å². The zero-order chi connectivity index (χ0) is 14.5. The number of aryl methyl sites for hydroxylation is 1. The molecule has 0 aliphatic heterocycles. The molecule has 3 aromatic rings. The Morgan fingerprint density at radius 3 is 2.76 bits per heavy atom. The molecule has 0 fully saturated rings. The minimum absolute atomic E-state index is 0.0219. The van der Waals surface area contributed by atoms with Crippen molar-refractivity contribution in [2.24, 2.45) is 0 Å². The second-order valence-corrected chi connectivity index (χ2v) is 5.37. The van der Waals surface area contributed by atoms with Crippen molar-refractivity contribution < 1.29 is 4.79 Å². The van der Waals surface area contributed by atoms with Crippen LogP contribution in [0.3, 0.4) is 0 Å².